The summed E-state index contributed by atoms with van der Waals surface area (Å²) < 4.78 is 4.98. The Hall–Kier alpha value is -1.73. The molecule has 0 unspecified atom stereocenters. The molecule has 0 spiro atoms. The fraction of sp³-hybridized carbons (Fsp3) is 0.500. The molecule has 1 aliphatic rings. The van der Waals surface area contributed by atoms with Crippen LogP contribution in [0.1, 0.15) is 35.5 Å². The third-order valence-electron chi connectivity index (χ3n) is 3.59. The number of carboxylic acids is 1. The third-order valence-corrected chi connectivity index (χ3v) is 4.77. The van der Waals surface area contributed by atoms with E-state index in [4.69, 9.17) is 9.84 Å². The van der Waals surface area contributed by atoms with E-state index < -0.39 is 12.6 Å². The number of aromatic nitrogens is 2. The number of H-pyrrole nitrogens is 1. The van der Waals surface area contributed by atoms with Crippen LogP contribution in [0.2, 0.25) is 0 Å². The SMILES string of the molecule is O=C(O)COCc1nc2sc3c(c2c(=O)[nH]1)CCCCC3. The normalized spacial score (nSPS) is 14.9. The van der Waals surface area contributed by atoms with E-state index in [0.717, 1.165) is 36.1 Å². The summed E-state index contributed by atoms with van der Waals surface area (Å²) in [7, 11) is 0. The van der Waals surface area contributed by atoms with Crippen molar-refractivity contribution in [3.05, 3.63) is 26.6 Å². The zero-order chi connectivity index (χ0) is 14.8. The highest BCUT2D eigenvalue weighted by Crippen LogP contribution is 2.32. The Bertz CT molecular complexity index is 734. The van der Waals surface area contributed by atoms with Crippen molar-refractivity contribution in [1.82, 2.24) is 9.97 Å². The number of nitrogens with one attached hydrogen (secondary N) is 1. The van der Waals surface area contributed by atoms with Crippen LogP contribution in [0.15, 0.2) is 4.79 Å². The second-order valence-corrected chi connectivity index (χ2v) is 6.23. The first kappa shape index (κ1) is 14.2. The lowest BCUT2D eigenvalue weighted by molar-refractivity contribution is -0.142. The summed E-state index contributed by atoms with van der Waals surface area (Å²) in [6.45, 7) is -0.400. The number of aliphatic carboxylic acids is 1. The number of aromatic amines is 1. The summed E-state index contributed by atoms with van der Waals surface area (Å²) in [4.78, 5) is 31.8. The summed E-state index contributed by atoms with van der Waals surface area (Å²) in [6, 6.07) is 0. The molecule has 2 aromatic heterocycles. The van der Waals surface area contributed by atoms with Gasteiger partial charge in [0.25, 0.3) is 5.56 Å². The predicted octanol–water partition coefficient (Wildman–Crippen LogP) is 1.85. The van der Waals surface area contributed by atoms with Crippen molar-refractivity contribution in [2.75, 3.05) is 6.61 Å². The number of carboxylic acid groups (broad SMARTS) is 1. The van der Waals surface area contributed by atoms with Crippen LogP contribution in [0.5, 0.6) is 0 Å². The number of thiophene rings is 1. The van der Waals surface area contributed by atoms with Crippen molar-refractivity contribution in [3.8, 4) is 0 Å². The highest BCUT2D eigenvalue weighted by atomic mass is 32.1. The van der Waals surface area contributed by atoms with Gasteiger partial charge < -0.3 is 14.8 Å². The molecule has 21 heavy (non-hydrogen) atoms. The molecule has 3 rings (SSSR count). The van der Waals surface area contributed by atoms with Crippen molar-refractivity contribution in [1.29, 1.82) is 0 Å². The van der Waals surface area contributed by atoms with Gasteiger partial charge in [-0.05, 0) is 31.2 Å². The van der Waals surface area contributed by atoms with Gasteiger partial charge in [0.1, 0.15) is 23.9 Å². The van der Waals surface area contributed by atoms with Gasteiger partial charge in [-0.1, -0.05) is 6.42 Å². The van der Waals surface area contributed by atoms with E-state index in [1.807, 2.05) is 0 Å². The first-order chi connectivity index (χ1) is 10.1. The fourth-order valence-corrected chi connectivity index (χ4v) is 3.97. The molecule has 2 N–H and O–H groups in total. The molecule has 1 aliphatic carbocycles. The summed E-state index contributed by atoms with van der Waals surface area (Å²) >= 11 is 1.58. The van der Waals surface area contributed by atoms with Crippen LogP contribution in [0.25, 0.3) is 10.2 Å². The van der Waals surface area contributed by atoms with Gasteiger partial charge in [-0.3, -0.25) is 4.79 Å². The van der Waals surface area contributed by atoms with E-state index in [9.17, 15) is 9.59 Å². The highest BCUT2D eigenvalue weighted by Gasteiger charge is 2.18. The van der Waals surface area contributed by atoms with Crippen molar-refractivity contribution < 1.29 is 14.6 Å². The molecule has 0 radical (unpaired) electrons. The maximum Gasteiger partial charge on any atom is 0.329 e. The Balaban J connectivity index is 1.93. The second kappa shape index (κ2) is 5.95. The maximum absolute atomic E-state index is 12.3. The van der Waals surface area contributed by atoms with E-state index in [1.54, 1.807) is 11.3 Å². The number of hydrogen-bond donors (Lipinski definition) is 2. The standard InChI is InChI=1S/C14H16N2O4S/c17-11(18)7-20-6-10-15-13(19)12-8-4-2-1-3-5-9(8)21-14(12)16-10/h1-7H2,(H,17,18)(H,15,16,19). The Morgan fingerprint density at radius 3 is 2.95 bits per heavy atom. The van der Waals surface area contributed by atoms with Crippen molar-refractivity contribution in [2.45, 2.75) is 38.7 Å². The first-order valence-electron chi connectivity index (χ1n) is 6.98. The van der Waals surface area contributed by atoms with Crippen LogP contribution in [0, 0.1) is 0 Å². The Labute approximate surface area is 124 Å². The lowest BCUT2D eigenvalue weighted by Gasteiger charge is -2.02. The maximum atomic E-state index is 12.3. The molecule has 0 amide bonds. The first-order valence-corrected chi connectivity index (χ1v) is 7.80. The van der Waals surface area contributed by atoms with Gasteiger partial charge >= 0.3 is 5.97 Å². The molecule has 0 aliphatic heterocycles. The number of aryl methyl sites for hydroxylation is 2. The molecule has 2 aromatic rings. The van der Waals surface area contributed by atoms with E-state index >= 15 is 0 Å². The van der Waals surface area contributed by atoms with E-state index in [1.165, 1.54) is 11.3 Å². The summed E-state index contributed by atoms with van der Waals surface area (Å²) in [5.74, 6) is -0.661. The Kier molecular flexibility index (Phi) is 4.03. The molecule has 0 fully saturated rings. The topological polar surface area (TPSA) is 92.3 Å². The van der Waals surface area contributed by atoms with Crippen LogP contribution in [0.4, 0.5) is 0 Å². The molecule has 0 saturated heterocycles. The quantitative estimate of drug-likeness (QED) is 0.841. The molecule has 7 heteroatoms. The summed E-state index contributed by atoms with van der Waals surface area (Å²) in [5, 5.41) is 9.25. The van der Waals surface area contributed by atoms with Gasteiger partial charge in [0.2, 0.25) is 0 Å². The number of ether oxygens (including phenoxy) is 1. The van der Waals surface area contributed by atoms with Gasteiger partial charge in [-0.15, -0.1) is 11.3 Å². The van der Waals surface area contributed by atoms with Crippen molar-refractivity contribution in [2.24, 2.45) is 0 Å². The highest BCUT2D eigenvalue weighted by molar-refractivity contribution is 7.18. The molecule has 2 heterocycles. The third kappa shape index (κ3) is 2.98. The summed E-state index contributed by atoms with van der Waals surface area (Å²) in [6.07, 6.45) is 5.43. The van der Waals surface area contributed by atoms with Crippen LogP contribution in [-0.2, 0) is 29.0 Å². The zero-order valence-electron chi connectivity index (χ0n) is 11.5. The number of carbonyl (C=O) groups is 1. The van der Waals surface area contributed by atoms with E-state index in [0.29, 0.717) is 11.2 Å². The average Bonchev–Trinajstić information content (AvgIpc) is 2.61. The monoisotopic (exact) mass is 308 g/mol. The molecule has 0 bridgehead atoms. The molecule has 6 nitrogen and oxygen atoms in total. The molecule has 0 saturated carbocycles. The molecular weight excluding hydrogens is 292 g/mol. The molecular formula is C14H16N2O4S. The van der Waals surface area contributed by atoms with Gasteiger partial charge in [0.15, 0.2) is 0 Å². The number of rotatable bonds is 4. The average molecular weight is 308 g/mol. The molecule has 0 atom stereocenters. The van der Waals surface area contributed by atoms with Crippen LogP contribution < -0.4 is 5.56 Å². The minimum Gasteiger partial charge on any atom is -0.480 e. The second-order valence-electron chi connectivity index (χ2n) is 5.14. The van der Waals surface area contributed by atoms with Crippen molar-refractivity contribution in [3.63, 3.8) is 0 Å². The Morgan fingerprint density at radius 2 is 2.14 bits per heavy atom. The smallest absolute Gasteiger partial charge is 0.329 e. The summed E-state index contributed by atoms with van der Waals surface area (Å²) in [5.41, 5.74) is 1.01. The number of nitrogens with zero attached hydrogens (tertiary/aromatic N) is 1. The fourth-order valence-electron chi connectivity index (χ4n) is 2.69. The lowest BCUT2D eigenvalue weighted by Crippen LogP contribution is -2.14. The largest absolute Gasteiger partial charge is 0.480 e. The van der Waals surface area contributed by atoms with E-state index in [-0.39, 0.29) is 12.2 Å². The van der Waals surface area contributed by atoms with Crippen LogP contribution in [0.3, 0.4) is 0 Å². The Morgan fingerprint density at radius 1 is 1.33 bits per heavy atom. The molecule has 0 aromatic carbocycles. The number of fused-ring (bicyclic) bond motifs is 3. The van der Waals surface area contributed by atoms with Gasteiger partial charge in [-0.2, -0.15) is 0 Å². The zero-order valence-corrected chi connectivity index (χ0v) is 12.3. The lowest BCUT2D eigenvalue weighted by atomic mass is 10.1. The van der Waals surface area contributed by atoms with Crippen LogP contribution in [-0.4, -0.2) is 27.7 Å². The minimum atomic E-state index is -1.04. The predicted molar refractivity (Wildman–Crippen MR) is 78.8 cm³/mol. The minimum absolute atomic E-state index is 0.0000463. The van der Waals surface area contributed by atoms with Gasteiger partial charge in [0.05, 0.1) is 5.39 Å². The molecule has 112 valence electrons. The van der Waals surface area contributed by atoms with E-state index in [2.05, 4.69) is 9.97 Å². The van der Waals surface area contributed by atoms with Crippen LogP contribution >= 0.6 is 11.3 Å². The van der Waals surface area contributed by atoms with Gasteiger partial charge in [-0.25, -0.2) is 9.78 Å². The number of hydrogen-bond acceptors (Lipinski definition) is 5. The van der Waals surface area contributed by atoms with Gasteiger partial charge in [0, 0.05) is 4.88 Å². The van der Waals surface area contributed by atoms with Crippen molar-refractivity contribution >= 4 is 27.5 Å².